The maximum absolute atomic E-state index is 5.20. The normalized spacial score (nSPS) is 14.9. The highest BCUT2D eigenvalue weighted by atomic mass is 79.9. The Kier molecular flexibility index (Phi) is 2.80. The number of hydrogen-bond acceptors (Lipinski definition) is 3. The van der Waals surface area contributed by atoms with Crippen molar-refractivity contribution in [3.63, 3.8) is 0 Å². The van der Waals surface area contributed by atoms with E-state index in [4.69, 9.17) is 12.2 Å². The van der Waals surface area contributed by atoms with E-state index in [1.54, 1.807) is 12.4 Å². The molecule has 0 spiro atoms. The van der Waals surface area contributed by atoms with E-state index in [-0.39, 0.29) is 0 Å². The van der Waals surface area contributed by atoms with Gasteiger partial charge in [-0.2, -0.15) is 0 Å². The van der Waals surface area contributed by atoms with Crippen LogP contribution in [-0.2, 0) is 0 Å². The van der Waals surface area contributed by atoms with Crippen LogP contribution in [0.15, 0.2) is 29.0 Å². The van der Waals surface area contributed by atoms with Crippen LogP contribution >= 0.6 is 28.1 Å². The maximum Gasteiger partial charge on any atom is 0.140 e. The Morgan fingerprint density at radius 1 is 1.29 bits per heavy atom. The monoisotopic (exact) mass is 307 g/mol. The first kappa shape index (κ1) is 11.0. The third-order valence-electron chi connectivity index (χ3n) is 2.76. The summed E-state index contributed by atoms with van der Waals surface area (Å²) in [4.78, 5) is 11.8. The van der Waals surface area contributed by atoms with Crippen LogP contribution in [-0.4, -0.2) is 15.0 Å². The van der Waals surface area contributed by atoms with Crippen LogP contribution in [0.4, 0.5) is 0 Å². The lowest BCUT2D eigenvalue weighted by Crippen LogP contribution is -1.95. The predicted molar refractivity (Wildman–Crippen MR) is 72.3 cm³/mol. The number of aromatic nitrogens is 3. The van der Waals surface area contributed by atoms with Gasteiger partial charge < -0.3 is 4.98 Å². The number of aromatic amines is 1. The SMILES string of the molecule is S=c1cc(C2CC2)[nH]c(-c2cncc(Br)c2)n1. The fraction of sp³-hybridized carbons (Fsp3) is 0.250. The summed E-state index contributed by atoms with van der Waals surface area (Å²) in [6.45, 7) is 0. The van der Waals surface area contributed by atoms with Gasteiger partial charge in [0.1, 0.15) is 10.5 Å². The van der Waals surface area contributed by atoms with Gasteiger partial charge in [0.05, 0.1) is 0 Å². The molecule has 2 aromatic heterocycles. The second-order valence-electron chi connectivity index (χ2n) is 4.19. The molecule has 0 radical (unpaired) electrons. The number of H-pyrrole nitrogens is 1. The average Bonchev–Trinajstić information content (AvgIpc) is 3.12. The van der Waals surface area contributed by atoms with Crippen molar-refractivity contribution in [2.24, 2.45) is 0 Å². The molecule has 0 bridgehead atoms. The molecule has 0 unspecified atom stereocenters. The van der Waals surface area contributed by atoms with Gasteiger partial charge in [-0.05, 0) is 46.8 Å². The molecule has 2 heterocycles. The molecule has 5 heteroatoms. The molecule has 1 aliphatic rings. The van der Waals surface area contributed by atoms with Crippen LogP contribution in [0.5, 0.6) is 0 Å². The van der Waals surface area contributed by atoms with Crippen LogP contribution < -0.4 is 0 Å². The average molecular weight is 308 g/mol. The first-order valence-electron chi connectivity index (χ1n) is 5.44. The second kappa shape index (κ2) is 4.31. The Balaban J connectivity index is 2.10. The molecule has 1 aliphatic carbocycles. The van der Waals surface area contributed by atoms with Crippen LogP contribution in [0.1, 0.15) is 24.5 Å². The van der Waals surface area contributed by atoms with Crippen molar-refractivity contribution in [2.45, 2.75) is 18.8 Å². The Morgan fingerprint density at radius 2 is 2.12 bits per heavy atom. The van der Waals surface area contributed by atoms with Gasteiger partial charge in [0.2, 0.25) is 0 Å². The zero-order valence-electron chi connectivity index (χ0n) is 8.98. The minimum absolute atomic E-state index is 0.638. The number of nitrogens with zero attached hydrogens (tertiary/aromatic N) is 2. The Bertz CT molecular complexity index is 619. The first-order chi connectivity index (χ1) is 8.22. The molecule has 0 aliphatic heterocycles. The lowest BCUT2D eigenvalue weighted by atomic mass is 10.2. The molecular formula is C12H10BrN3S. The van der Waals surface area contributed by atoms with E-state index in [2.05, 4.69) is 30.9 Å². The topological polar surface area (TPSA) is 41.6 Å². The van der Waals surface area contributed by atoms with Gasteiger partial charge in [0.15, 0.2) is 0 Å². The third kappa shape index (κ3) is 2.45. The number of halogens is 1. The molecule has 3 rings (SSSR count). The summed E-state index contributed by atoms with van der Waals surface area (Å²) >= 11 is 8.61. The summed E-state index contributed by atoms with van der Waals surface area (Å²) in [5.41, 5.74) is 2.15. The van der Waals surface area contributed by atoms with Crippen molar-refractivity contribution in [1.82, 2.24) is 15.0 Å². The van der Waals surface area contributed by atoms with Crippen LogP contribution in [0.2, 0.25) is 0 Å². The fourth-order valence-electron chi connectivity index (χ4n) is 1.77. The maximum atomic E-state index is 5.20. The van der Waals surface area contributed by atoms with Crippen molar-refractivity contribution in [1.29, 1.82) is 0 Å². The lowest BCUT2D eigenvalue weighted by Gasteiger charge is -2.05. The van der Waals surface area contributed by atoms with Crippen molar-refractivity contribution < 1.29 is 0 Å². The highest BCUT2D eigenvalue weighted by molar-refractivity contribution is 9.10. The highest BCUT2D eigenvalue weighted by Crippen LogP contribution is 2.39. The van der Waals surface area contributed by atoms with E-state index in [9.17, 15) is 0 Å². The largest absolute Gasteiger partial charge is 0.343 e. The zero-order valence-corrected chi connectivity index (χ0v) is 11.4. The van der Waals surface area contributed by atoms with Gasteiger partial charge in [-0.25, -0.2) is 4.98 Å². The summed E-state index contributed by atoms with van der Waals surface area (Å²) in [5, 5.41) is 0. The number of rotatable bonds is 2. The number of nitrogens with one attached hydrogen (secondary N) is 1. The second-order valence-corrected chi connectivity index (χ2v) is 5.52. The Labute approximate surface area is 112 Å². The van der Waals surface area contributed by atoms with Crippen LogP contribution in [0, 0.1) is 4.64 Å². The summed E-state index contributed by atoms with van der Waals surface area (Å²) in [5.74, 6) is 1.44. The fourth-order valence-corrected chi connectivity index (χ4v) is 2.35. The Morgan fingerprint density at radius 3 is 2.82 bits per heavy atom. The molecule has 1 N–H and O–H groups in total. The molecular weight excluding hydrogens is 298 g/mol. The molecule has 1 fully saturated rings. The number of pyridine rings is 1. The van der Waals surface area contributed by atoms with Gasteiger partial charge in [-0.1, -0.05) is 12.2 Å². The molecule has 1 saturated carbocycles. The van der Waals surface area contributed by atoms with Crippen molar-refractivity contribution >= 4 is 28.1 Å². The molecule has 0 atom stereocenters. The van der Waals surface area contributed by atoms with Gasteiger partial charge in [-0.15, -0.1) is 0 Å². The Hall–Kier alpha value is -1.07. The molecule has 86 valence electrons. The smallest absolute Gasteiger partial charge is 0.140 e. The molecule has 0 aromatic carbocycles. The van der Waals surface area contributed by atoms with E-state index >= 15 is 0 Å². The van der Waals surface area contributed by atoms with Crippen LogP contribution in [0.25, 0.3) is 11.4 Å². The zero-order chi connectivity index (χ0) is 11.8. The highest BCUT2D eigenvalue weighted by Gasteiger charge is 2.24. The van der Waals surface area contributed by atoms with Crippen molar-refractivity contribution in [2.75, 3.05) is 0 Å². The lowest BCUT2D eigenvalue weighted by molar-refractivity contribution is 0.986. The standard InChI is InChI=1S/C12H10BrN3S/c13-9-3-8(5-14-6-9)12-15-10(7-1-2-7)4-11(17)16-12/h3-7H,1-2H2,(H,15,16,17). The van der Waals surface area contributed by atoms with E-state index in [0.29, 0.717) is 10.6 Å². The summed E-state index contributed by atoms with van der Waals surface area (Å²) in [7, 11) is 0. The van der Waals surface area contributed by atoms with Gasteiger partial charge in [0.25, 0.3) is 0 Å². The van der Waals surface area contributed by atoms with Crippen molar-refractivity contribution in [3.8, 4) is 11.4 Å². The molecule has 0 saturated heterocycles. The third-order valence-corrected chi connectivity index (χ3v) is 3.40. The summed E-state index contributed by atoms with van der Waals surface area (Å²) < 4.78 is 1.58. The predicted octanol–water partition coefficient (Wildman–Crippen LogP) is 3.84. The summed E-state index contributed by atoms with van der Waals surface area (Å²) in [6, 6.07) is 3.94. The first-order valence-corrected chi connectivity index (χ1v) is 6.65. The number of hydrogen-bond donors (Lipinski definition) is 1. The van der Waals surface area contributed by atoms with E-state index < -0.39 is 0 Å². The summed E-state index contributed by atoms with van der Waals surface area (Å²) in [6.07, 6.45) is 6.02. The molecule has 3 nitrogen and oxygen atoms in total. The van der Waals surface area contributed by atoms with Crippen LogP contribution in [0.3, 0.4) is 0 Å². The van der Waals surface area contributed by atoms with E-state index in [1.165, 1.54) is 18.5 Å². The quantitative estimate of drug-likeness (QED) is 0.857. The van der Waals surface area contributed by atoms with Crippen molar-refractivity contribution in [3.05, 3.63) is 39.3 Å². The van der Waals surface area contributed by atoms with Gasteiger partial charge in [-0.3, -0.25) is 4.98 Å². The molecule has 0 amide bonds. The van der Waals surface area contributed by atoms with E-state index in [0.717, 1.165) is 15.9 Å². The minimum Gasteiger partial charge on any atom is -0.343 e. The van der Waals surface area contributed by atoms with Gasteiger partial charge >= 0.3 is 0 Å². The molecule has 17 heavy (non-hydrogen) atoms. The molecule has 2 aromatic rings. The van der Waals surface area contributed by atoms with Gasteiger partial charge in [0, 0.05) is 28.1 Å². The van der Waals surface area contributed by atoms with E-state index in [1.807, 2.05) is 12.1 Å². The minimum atomic E-state index is 0.638.